The fraction of sp³-hybridized carbons (Fsp3) is 0.167. The summed E-state index contributed by atoms with van der Waals surface area (Å²) in [5, 5.41) is 5.47. The van der Waals surface area contributed by atoms with E-state index in [0.717, 1.165) is 0 Å². The second kappa shape index (κ2) is 7.12. The Hall–Kier alpha value is -3.22. The van der Waals surface area contributed by atoms with Crippen LogP contribution in [0.5, 0.6) is 11.6 Å². The summed E-state index contributed by atoms with van der Waals surface area (Å²) in [6.07, 6.45) is 1.43. The number of nitrogens with zero attached hydrogens (tertiary/aromatic N) is 2. The molecule has 2 aromatic carbocycles. The third kappa shape index (κ3) is 4.41. The second-order valence-corrected chi connectivity index (χ2v) is 5.72. The van der Waals surface area contributed by atoms with Crippen LogP contribution in [0.15, 0.2) is 48.7 Å². The number of hydrogen-bond donors (Lipinski definition) is 2. The summed E-state index contributed by atoms with van der Waals surface area (Å²) in [7, 11) is 0. The first-order valence-corrected chi connectivity index (χ1v) is 7.77. The summed E-state index contributed by atoms with van der Waals surface area (Å²) in [5.74, 6) is 0.489. The Balaban J connectivity index is 1.69. The molecule has 0 radical (unpaired) electrons. The minimum absolute atomic E-state index is 0.0579. The van der Waals surface area contributed by atoms with E-state index in [9.17, 15) is 9.18 Å². The first-order chi connectivity index (χ1) is 12.0. The molecule has 0 aliphatic heterocycles. The molecule has 1 heterocycles. The third-order valence-electron chi connectivity index (χ3n) is 3.24. The maximum absolute atomic E-state index is 13.1. The predicted octanol–water partition coefficient (Wildman–Crippen LogP) is 4.09. The fourth-order valence-electron chi connectivity index (χ4n) is 2.17. The van der Waals surface area contributed by atoms with Gasteiger partial charge in [-0.15, -0.1) is 0 Å². The number of benzene rings is 2. The number of nitrogens with one attached hydrogen (secondary N) is 2. The number of fused-ring (bicyclic) bond motifs is 1. The molecule has 0 aliphatic rings. The van der Waals surface area contributed by atoms with Gasteiger partial charge in [-0.1, -0.05) is 0 Å². The molecule has 3 aromatic rings. The van der Waals surface area contributed by atoms with Crippen LogP contribution in [-0.4, -0.2) is 22.0 Å². The van der Waals surface area contributed by atoms with Crippen LogP contribution in [0.2, 0.25) is 0 Å². The lowest BCUT2D eigenvalue weighted by molar-refractivity contribution is 0.250. The number of halogens is 1. The smallest absolute Gasteiger partial charge is 0.319 e. The molecule has 6 nitrogen and oxygen atoms in total. The van der Waals surface area contributed by atoms with Gasteiger partial charge in [-0.3, -0.25) is 0 Å². The van der Waals surface area contributed by atoms with Crippen molar-refractivity contribution in [3.05, 3.63) is 54.5 Å². The van der Waals surface area contributed by atoms with Crippen molar-refractivity contribution < 1.29 is 13.9 Å². The van der Waals surface area contributed by atoms with Crippen molar-refractivity contribution in [2.75, 3.05) is 5.32 Å². The predicted molar refractivity (Wildman–Crippen MR) is 93.3 cm³/mol. The number of urea groups is 1. The summed E-state index contributed by atoms with van der Waals surface area (Å²) in [6, 6.07) is 10.8. The van der Waals surface area contributed by atoms with Gasteiger partial charge in [-0.2, -0.15) is 0 Å². The number of anilines is 1. The average Bonchev–Trinajstić information content (AvgIpc) is 2.56. The van der Waals surface area contributed by atoms with E-state index < -0.39 is 0 Å². The zero-order valence-electron chi connectivity index (χ0n) is 13.8. The van der Waals surface area contributed by atoms with Gasteiger partial charge in [0.15, 0.2) is 0 Å². The maximum Gasteiger partial charge on any atom is 0.319 e. The van der Waals surface area contributed by atoms with Gasteiger partial charge < -0.3 is 15.4 Å². The van der Waals surface area contributed by atoms with Gasteiger partial charge in [0.25, 0.3) is 0 Å². The quantitative estimate of drug-likeness (QED) is 0.750. The van der Waals surface area contributed by atoms with E-state index in [1.54, 1.807) is 30.3 Å². The molecule has 0 bridgehead atoms. The van der Waals surface area contributed by atoms with Gasteiger partial charge in [0, 0.05) is 17.8 Å². The fourth-order valence-corrected chi connectivity index (χ4v) is 2.17. The van der Waals surface area contributed by atoms with Crippen molar-refractivity contribution in [1.29, 1.82) is 0 Å². The van der Waals surface area contributed by atoms with Crippen LogP contribution in [0.3, 0.4) is 0 Å². The topological polar surface area (TPSA) is 76.1 Å². The highest BCUT2D eigenvalue weighted by Crippen LogP contribution is 2.23. The van der Waals surface area contributed by atoms with E-state index in [-0.39, 0.29) is 17.9 Å². The van der Waals surface area contributed by atoms with Crippen LogP contribution >= 0.6 is 0 Å². The first kappa shape index (κ1) is 16.6. The van der Waals surface area contributed by atoms with Gasteiger partial charge >= 0.3 is 6.03 Å². The zero-order valence-corrected chi connectivity index (χ0v) is 13.8. The van der Waals surface area contributed by atoms with Crippen molar-refractivity contribution in [2.45, 2.75) is 19.9 Å². The highest BCUT2D eigenvalue weighted by Gasteiger charge is 2.06. The van der Waals surface area contributed by atoms with Crippen LogP contribution in [0.1, 0.15) is 13.8 Å². The lowest BCUT2D eigenvalue weighted by Gasteiger charge is -2.10. The van der Waals surface area contributed by atoms with Crippen molar-refractivity contribution >= 4 is 22.8 Å². The van der Waals surface area contributed by atoms with Crippen LogP contribution in [0.25, 0.3) is 11.0 Å². The number of rotatable bonds is 4. The number of ether oxygens (including phenoxy) is 1. The Labute approximate surface area is 144 Å². The molecule has 0 saturated carbocycles. The van der Waals surface area contributed by atoms with E-state index >= 15 is 0 Å². The molecular formula is C18H17FN4O2. The molecular weight excluding hydrogens is 323 g/mol. The minimum atomic E-state index is -0.361. The minimum Gasteiger partial charge on any atom is -0.437 e. The zero-order chi connectivity index (χ0) is 17.8. The summed E-state index contributed by atoms with van der Waals surface area (Å²) in [5.41, 5.74) is 1.65. The normalized spacial score (nSPS) is 10.7. The number of hydrogen-bond acceptors (Lipinski definition) is 4. The summed E-state index contributed by atoms with van der Waals surface area (Å²) in [6.45, 7) is 3.77. The van der Waals surface area contributed by atoms with Crippen molar-refractivity contribution in [1.82, 2.24) is 15.3 Å². The van der Waals surface area contributed by atoms with Gasteiger partial charge in [-0.25, -0.2) is 19.2 Å². The van der Waals surface area contributed by atoms with E-state index in [1.165, 1.54) is 18.3 Å². The summed E-state index contributed by atoms with van der Waals surface area (Å²) >= 11 is 0. The van der Waals surface area contributed by atoms with Crippen LogP contribution < -0.4 is 15.4 Å². The number of carbonyl (C=O) groups excluding carboxylic acids is 1. The van der Waals surface area contributed by atoms with Crippen LogP contribution in [0, 0.1) is 5.82 Å². The van der Waals surface area contributed by atoms with E-state index in [1.807, 2.05) is 13.8 Å². The molecule has 25 heavy (non-hydrogen) atoms. The van der Waals surface area contributed by atoms with Crippen molar-refractivity contribution in [2.24, 2.45) is 0 Å². The summed E-state index contributed by atoms with van der Waals surface area (Å²) < 4.78 is 18.8. The average molecular weight is 340 g/mol. The molecule has 2 amide bonds. The van der Waals surface area contributed by atoms with Gasteiger partial charge in [-0.05, 0) is 50.2 Å². The third-order valence-corrected chi connectivity index (χ3v) is 3.24. The largest absolute Gasteiger partial charge is 0.437 e. The van der Waals surface area contributed by atoms with E-state index in [4.69, 9.17) is 4.74 Å². The number of aromatic nitrogens is 2. The SMILES string of the molecule is CC(C)NC(=O)Nc1ccc(Oc2cnc3cc(F)ccc3n2)cc1. The van der Waals surface area contributed by atoms with Crippen LogP contribution in [-0.2, 0) is 0 Å². The number of carbonyl (C=O) groups is 1. The standard InChI is InChI=1S/C18H17FN4O2/c1-11(2)21-18(24)22-13-4-6-14(7-5-13)25-17-10-20-16-9-12(19)3-8-15(16)23-17/h3-11H,1-2H3,(H2,21,22,24). The molecule has 3 rings (SSSR count). The molecule has 0 spiro atoms. The van der Waals surface area contributed by atoms with Crippen LogP contribution in [0.4, 0.5) is 14.9 Å². The van der Waals surface area contributed by atoms with Gasteiger partial charge in [0.2, 0.25) is 5.88 Å². The maximum atomic E-state index is 13.1. The molecule has 2 N–H and O–H groups in total. The Morgan fingerprint density at radius 2 is 1.88 bits per heavy atom. The molecule has 7 heteroatoms. The summed E-state index contributed by atoms with van der Waals surface area (Å²) in [4.78, 5) is 20.1. The molecule has 0 aliphatic carbocycles. The molecule has 0 fully saturated rings. The van der Waals surface area contributed by atoms with Crippen molar-refractivity contribution in [3.8, 4) is 11.6 Å². The lowest BCUT2D eigenvalue weighted by atomic mass is 10.3. The monoisotopic (exact) mass is 340 g/mol. The lowest BCUT2D eigenvalue weighted by Crippen LogP contribution is -2.34. The van der Waals surface area contributed by atoms with Crippen molar-refractivity contribution in [3.63, 3.8) is 0 Å². The Bertz CT molecular complexity index is 897. The molecule has 0 saturated heterocycles. The molecule has 128 valence electrons. The Morgan fingerprint density at radius 3 is 2.60 bits per heavy atom. The number of amides is 2. The van der Waals surface area contributed by atoms with Gasteiger partial charge in [0.1, 0.15) is 11.6 Å². The Morgan fingerprint density at radius 1 is 1.12 bits per heavy atom. The highest BCUT2D eigenvalue weighted by molar-refractivity contribution is 5.89. The van der Waals surface area contributed by atoms with E-state index in [0.29, 0.717) is 28.4 Å². The second-order valence-electron chi connectivity index (χ2n) is 5.72. The highest BCUT2D eigenvalue weighted by atomic mass is 19.1. The van der Waals surface area contributed by atoms with Gasteiger partial charge in [0.05, 0.1) is 17.2 Å². The first-order valence-electron chi connectivity index (χ1n) is 7.77. The molecule has 0 atom stereocenters. The molecule has 0 unspecified atom stereocenters. The molecule has 1 aromatic heterocycles. The Kier molecular flexibility index (Phi) is 4.74. The van der Waals surface area contributed by atoms with E-state index in [2.05, 4.69) is 20.6 Å².